The summed E-state index contributed by atoms with van der Waals surface area (Å²) in [6, 6.07) is 12.7. The Kier molecular flexibility index (Phi) is 7.45. The van der Waals surface area contributed by atoms with Gasteiger partial charge in [-0.1, -0.05) is 18.2 Å². The highest BCUT2D eigenvalue weighted by atomic mass is 16.5. The number of amides is 2. The average molecular weight is 481 g/mol. The number of rotatable bonds is 7. The van der Waals surface area contributed by atoms with Gasteiger partial charge in [0.15, 0.2) is 11.5 Å². The Balaban J connectivity index is 1.57. The van der Waals surface area contributed by atoms with Gasteiger partial charge in [0.1, 0.15) is 0 Å². The van der Waals surface area contributed by atoms with Gasteiger partial charge in [-0.2, -0.15) is 0 Å². The number of anilines is 1. The maximum atomic E-state index is 12.9. The maximum Gasteiger partial charge on any atom is 0.338 e. The van der Waals surface area contributed by atoms with E-state index >= 15 is 0 Å². The van der Waals surface area contributed by atoms with Crippen molar-refractivity contribution in [2.24, 2.45) is 0 Å². The molecule has 2 aromatic carbocycles. The molecule has 2 aliphatic rings. The van der Waals surface area contributed by atoms with Gasteiger partial charge in [0.2, 0.25) is 0 Å². The zero-order valence-corrected chi connectivity index (χ0v) is 20.6. The molecule has 2 N–H and O–H groups in total. The van der Waals surface area contributed by atoms with Crippen molar-refractivity contribution in [3.05, 3.63) is 64.9 Å². The Hall–Kier alpha value is -3.72. The summed E-state index contributed by atoms with van der Waals surface area (Å²) in [5, 5.41) is 5.70. The molecular formula is C26H32N4O5. The van der Waals surface area contributed by atoms with Crippen molar-refractivity contribution in [1.82, 2.24) is 15.5 Å². The molecule has 1 fully saturated rings. The number of esters is 1. The fourth-order valence-corrected chi connectivity index (χ4v) is 4.59. The van der Waals surface area contributed by atoms with Crippen molar-refractivity contribution in [2.45, 2.75) is 13.0 Å². The largest absolute Gasteiger partial charge is 0.493 e. The molecule has 2 amide bonds. The first kappa shape index (κ1) is 24.4. The molecule has 0 bridgehead atoms. The molecule has 9 heteroatoms. The minimum Gasteiger partial charge on any atom is -0.493 e. The summed E-state index contributed by atoms with van der Waals surface area (Å²) in [5.41, 5.74) is 4.06. The van der Waals surface area contributed by atoms with E-state index in [1.807, 2.05) is 0 Å². The van der Waals surface area contributed by atoms with Crippen LogP contribution < -0.4 is 25.0 Å². The summed E-state index contributed by atoms with van der Waals surface area (Å²) in [7, 11) is 4.44. The predicted molar refractivity (Wildman–Crippen MR) is 133 cm³/mol. The van der Waals surface area contributed by atoms with Gasteiger partial charge < -0.3 is 29.7 Å². The Labute approximate surface area is 205 Å². The van der Waals surface area contributed by atoms with Gasteiger partial charge in [0.05, 0.1) is 32.9 Å². The topological polar surface area (TPSA) is 92.4 Å². The quantitative estimate of drug-likeness (QED) is 0.589. The molecule has 0 spiro atoms. The van der Waals surface area contributed by atoms with Gasteiger partial charge in [-0.05, 0) is 42.3 Å². The maximum absolute atomic E-state index is 12.9. The zero-order chi connectivity index (χ0) is 24.9. The second-order valence-corrected chi connectivity index (χ2v) is 8.63. The van der Waals surface area contributed by atoms with Crippen LogP contribution in [0.4, 0.5) is 10.5 Å². The second-order valence-electron chi connectivity index (χ2n) is 8.63. The van der Waals surface area contributed by atoms with Gasteiger partial charge in [-0.15, -0.1) is 0 Å². The molecule has 1 atom stereocenters. The molecule has 4 rings (SSSR count). The lowest BCUT2D eigenvalue weighted by atomic mass is 9.94. The highest BCUT2D eigenvalue weighted by Crippen LogP contribution is 2.34. The molecule has 0 radical (unpaired) electrons. The lowest BCUT2D eigenvalue weighted by molar-refractivity contribution is -0.136. The van der Waals surface area contributed by atoms with Crippen LogP contribution in [-0.4, -0.2) is 71.0 Å². The molecule has 1 saturated heterocycles. The van der Waals surface area contributed by atoms with Crippen LogP contribution in [0.1, 0.15) is 17.2 Å². The third-order valence-corrected chi connectivity index (χ3v) is 6.42. The van der Waals surface area contributed by atoms with Crippen LogP contribution in [-0.2, 0) is 9.53 Å². The first-order valence-electron chi connectivity index (χ1n) is 11.6. The highest BCUT2D eigenvalue weighted by Gasteiger charge is 2.35. The SMILES string of the molecule is COC(=O)C1=C(CN2CCN(c3cccc(C)c3)CC2)NC(=O)N[C@H]1c1ccc(OC)c(OC)c1. The smallest absolute Gasteiger partial charge is 0.338 e. The molecule has 0 aliphatic carbocycles. The molecule has 9 nitrogen and oxygen atoms in total. The molecule has 0 unspecified atom stereocenters. The first-order valence-corrected chi connectivity index (χ1v) is 11.6. The molecule has 35 heavy (non-hydrogen) atoms. The van der Waals surface area contributed by atoms with Crippen LogP contribution in [0.3, 0.4) is 0 Å². The Morgan fingerprint density at radius 3 is 2.40 bits per heavy atom. The minimum absolute atomic E-state index is 0.370. The van der Waals surface area contributed by atoms with E-state index in [4.69, 9.17) is 14.2 Å². The standard InChI is InChI=1S/C26H32N4O5/c1-17-6-5-7-19(14-17)30-12-10-29(11-13-30)16-20-23(25(31)35-4)24(28-26(32)27-20)18-8-9-21(33-2)22(15-18)34-3/h5-9,14-15,24H,10-13,16H2,1-4H3,(H2,27,28,32)/t24-/m0/s1. The Morgan fingerprint density at radius 2 is 1.74 bits per heavy atom. The summed E-state index contributed by atoms with van der Waals surface area (Å²) in [6.45, 7) is 5.84. The number of hydrogen-bond acceptors (Lipinski definition) is 7. The monoisotopic (exact) mass is 480 g/mol. The van der Waals surface area contributed by atoms with Crippen LogP contribution in [0.15, 0.2) is 53.7 Å². The van der Waals surface area contributed by atoms with Crippen LogP contribution in [0.5, 0.6) is 11.5 Å². The van der Waals surface area contributed by atoms with E-state index in [9.17, 15) is 9.59 Å². The molecule has 2 aromatic rings. The van der Waals surface area contributed by atoms with E-state index < -0.39 is 12.0 Å². The number of urea groups is 1. The van der Waals surface area contributed by atoms with Gasteiger partial charge in [-0.25, -0.2) is 9.59 Å². The summed E-state index contributed by atoms with van der Waals surface area (Å²) < 4.78 is 15.9. The van der Waals surface area contributed by atoms with Crippen LogP contribution in [0, 0.1) is 6.92 Å². The number of nitrogens with one attached hydrogen (secondary N) is 2. The third-order valence-electron chi connectivity index (χ3n) is 6.42. The van der Waals surface area contributed by atoms with Crippen LogP contribution >= 0.6 is 0 Å². The summed E-state index contributed by atoms with van der Waals surface area (Å²) >= 11 is 0. The number of carbonyl (C=O) groups excluding carboxylic acids is 2. The normalized spacial score (nSPS) is 18.6. The van der Waals surface area contributed by atoms with Crippen molar-refractivity contribution in [3.8, 4) is 11.5 Å². The van der Waals surface area contributed by atoms with Crippen molar-refractivity contribution in [2.75, 3.05) is 59.0 Å². The number of aryl methyl sites for hydroxylation is 1. The van der Waals surface area contributed by atoms with E-state index in [0.717, 1.165) is 26.2 Å². The number of methoxy groups -OCH3 is 3. The summed E-state index contributed by atoms with van der Waals surface area (Å²) in [4.78, 5) is 30.1. The lowest BCUT2D eigenvalue weighted by Crippen LogP contribution is -2.51. The van der Waals surface area contributed by atoms with E-state index in [-0.39, 0.29) is 6.03 Å². The molecule has 2 aliphatic heterocycles. The minimum atomic E-state index is -0.681. The molecule has 0 aromatic heterocycles. The van der Waals surface area contributed by atoms with E-state index in [1.165, 1.54) is 18.4 Å². The van der Waals surface area contributed by atoms with Crippen LogP contribution in [0.2, 0.25) is 0 Å². The average Bonchev–Trinajstić information content (AvgIpc) is 2.88. The van der Waals surface area contributed by atoms with E-state index in [1.54, 1.807) is 32.4 Å². The molecule has 186 valence electrons. The number of hydrogen-bond donors (Lipinski definition) is 2. The summed E-state index contributed by atoms with van der Waals surface area (Å²) in [6.07, 6.45) is 0. The van der Waals surface area contributed by atoms with Crippen molar-refractivity contribution in [3.63, 3.8) is 0 Å². The van der Waals surface area contributed by atoms with Crippen molar-refractivity contribution in [1.29, 1.82) is 0 Å². The zero-order valence-electron chi connectivity index (χ0n) is 20.6. The van der Waals surface area contributed by atoms with E-state index in [0.29, 0.717) is 34.9 Å². The second kappa shape index (κ2) is 10.7. The van der Waals surface area contributed by atoms with Crippen molar-refractivity contribution >= 4 is 17.7 Å². The van der Waals surface area contributed by atoms with Gasteiger partial charge in [0.25, 0.3) is 0 Å². The number of ether oxygens (including phenoxy) is 3. The van der Waals surface area contributed by atoms with Gasteiger partial charge in [-0.3, -0.25) is 4.90 Å². The Morgan fingerprint density at radius 1 is 1.00 bits per heavy atom. The molecule has 2 heterocycles. The summed E-state index contributed by atoms with van der Waals surface area (Å²) in [5.74, 6) is 0.577. The fourth-order valence-electron chi connectivity index (χ4n) is 4.59. The number of piperazine rings is 1. The molecule has 0 saturated carbocycles. The predicted octanol–water partition coefficient (Wildman–Crippen LogP) is 2.62. The number of benzene rings is 2. The van der Waals surface area contributed by atoms with Crippen LogP contribution in [0.25, 0.3) is 0 Å². The lowest BCUT2D eigenvalue weighted by Gasteiger charge is -2.38. The molecular weight excluding hydrogens is 448 g/mol. The van der Waals surface area contributed by atoms with Crippen molar-refractivity contribution < 1.29 is 23.8 Å². The number of carbonyl (C=O) groups is 2. The fraction of sp³-hybridized carbons (Fsp3) is 0.385. The van der Waals surface area contributed by atoms with Gasteiger partial charge in [0, 0.05) is 44.1 Å². The number of nitrogens with zero attached hydrogens (tertiary/aromatic N) is 2. The third kappa shape index (κ3) is 5.35. The van der Waals surface area contributed by atoms with E-state index in [2.05, 4.69) is 51.6 Å². The Bertz CT molecular complexity index is 1120. The van der Waals surface area contributed by atoms with Gasteiger partial charge >= 0.3 is 12.0 Å². The first-order chi connectivity index (χ1) is 16.9. The highest BCUT2D eigenvalue weighted by molar-refractivity contribution is 5.95.